The molecule has 5 heteroatoms. The van der Waals surface area contributed by atoms with Crippen molar-refractivity contribution in [3.05, 3.63) is 82.7 Å². The number of aryl methyl sites for hydroxylation is 1. The second kappa shape index (κ2) is 10.3. The monoisotopic (exact) mass is 530 g/mol. The van der Waals surface area contributed by atoms with Crippen LogP contribution in [0.1, 0.15) is 87.5 Å². The normalized spacial score (nSPS) is 20.1. The third-order valence-corrected chi connectivity index (χ3v) is 9.24. The molecule has 0 bridgehead atoms. The van der Waals surface area contributed by atoms with E-state index in [1.54, 1.807) is 33.1 Å². The van der Waals surface area contributed by atoms with Gasteiger partial charge in [0.05, 0.1) is 12.5 Å². The van der Waals surface area contributed by atoms with Gasteiger partial charge >= 0.3 is 5.97 Å². The summed E-state index contributed by atoms with van der Waals surface area (Å²) in [7, 11) is 1.60. The van der Waals surface area contributed by atoms with Gasteiger partial charge in [-0.25, -0.2) is 4.39 Å². The number of aliphatic carboxylic acids is 1. The SMILES string of the molecule is COc1ccc(F)c(-c2ccc(COc3ccc4c(c3)[C@H](C(C)(C)C(=O)O)CC4)cc2[C@H]2CCCC2(C)C)c1. The Labute approximate surface area is 231 Å². The number of ether oxygens (including phenoxy) is 2. The summed E-state index contributed by atoms with van der Waals surface area (Å²) in [5.74, 6) is 0.623. The first-order valence-electron chi connectivity index (χ1n) is 14.0. The quantitative estimate of drug-likeness (QED) is 0.317. The molecule has 3 aromatic rings. The molecule has 0 spiro atoms. The van der Waals surface area contributed by atoms with Crippen molar-refractivity contribution in [1.82, 2.24) is 0 Å². The molecule has 0 amide bonds. The summed E-state index contributed by atoms with van der Waals surface area (Å²) in [6.07, 6.45) is 5.09. The van der Waals surface area contributed by atoms with E-state index in [-0.39, 0.29) is 17.2 Å². The summed E-state index contributed by atoms with van der Waals surface area (Å²) in [5.41, 5.74) is 5.23. The van der Waals surface area contributed by atoms with E-state index in [1.807, 2.05) is 24.3 Å². The predicted molar refractivity (Wildman–Crippen MR) is 152 cm³/mol. The molecule has 0 unspecified atom stereocenters. The standard InChI is InChI=1S/C34H39FO4/c1-33(2)16-6-7-29(33)27-17-21(8-13-25(27)28-18-23(38-5)12-15-31(28)35)20-39-24-11-9-22-10-14-30(26(22)19-24)34(3,4)32(36)37/h8-9,11-13,15,17-19,29-30H,6-7,10,14,16,20H2,1-5H3,(H,36,37)/t29-,30-/m1/s1. The first-order valence-corrected chi connectivity index (χ1v) is 14.0. The van der Waals surface area contributed by atoms with Crippen molar-refractivity contribution in [2.45, 2.75) is 78.2 Å². The third kappa shape index (κ3) is 5.16. The number of carboxylic acids is 1. The van der Waals surface area contributed by atoms with E-state index in [1.165, 1.54) is 11.6 Å². The highest BCUT2D eigenvalue weighted by molar-refractivity contribution is 5.75. The van der Waals surface area contributed by atoms with E-state index < -0.39 is 11.4 Å². The lowest BCUT2D eigenvalue weighted by Crippen LogP contribution is -2.30. The van der Waals surface area contributed by atoms with Gasteiger partial charge in [0.2, 0.25) is 0 Å². The van der Waals surface area contributed by atoms with Crippen molar-refractivity contribution in [3.63, 3.8) is 0 Å². The average molecular weight is 531 g/mol. The van der Waals surface area contributed by atoms with Crippen LogP contribution in [0, 0.1) is 16.6 Å². The zero-order valence-corrected chi connectivity index (χ0v) is 23.6. The Hall–Kier alpha value is -3.34. The number of benzene rings is 3. The number of carboxylic acid groups (broad SMARTS) is 1. The minimum absolute atomic E-state index is 0.0400. The van der Waals surface area contributed by atoms with Crippen LogP contribution in [0.15, 0.2) is 54.6 Å². The van der Waals surface area contributed by atoms with E-state index in [0.29, 0.717) is 23.8 Å². The minimum Gasteiger partial charge on any atom is -0.497 e. The minimum atomic E-state index is -0.835. The highest BCUT2D eigenvalue weighted by atomic mass is 19.1. The van der Waals surface area contributed by atoms with Crippen LogP contribution in [0.5, 0.6) is 11.5 Å². The maximum atomic E-state index is 15.1. The molecule has 2 atom stereocenters. The van der Waals surface area contributed by atoms with Gasteiger partial charge in [0, 0.05) is 11.5 Å². The predicted octanol–water partition coefficient (Wildman–Crippen LogP) is 8.51. The fraction of sp³-hybridized carbons (Fsp3) is 0.441. The Kier molecular flexibility index (Phi) is 7.21. The molecule has 1 N–H and O–H groups in total. The van der Waals surface area contributed by atoms with E-state index in [9.17, 15) is 9.90 Å². The molecule has 0 aromatic heterocycles. The van der Waals surface area contributed by atoms with Gasteiger partial charge in [0.15, 0.2) is 0 Å². The van der Waals surface area contributed by atoms with Crippen LogP contribution in [0.2, 0.25) is 0 Å². The molecule has 3 aromatic carbocycles. The van der Waals surface area contributed by atoms with Crippen LogP contribution in [-0.4, -0.2) is 18.2 Å². The highest BCUT2D eigenvalue weighted by Gasteiger charge is 2.41. The van der Waals surface area contributed by atoms with Crippen LogP contribution >= 0.6 is 0 Å². The molecule has 4 nitrogen and oxygen atoms in total. The molecule has 0 aliphatic heterocycles. The Morgan fingerprint density at radius 3 is 2.46 bits per heavy atom. The molecular weight excluding hydrogens is 491 g/mol. The molecule has 2 aliphatic carbocycles. The van der Waals surface area contributed by atoms with Gasteiger partial charge in [-0.2, -0.15) is 0 Å². The van der Waals surface area contributed by atoms with Gasteiger partial charge in [-0.3, -0.25) is 4.79 Å². The zero-order valence-electron chi connectivity index (χ0n) is 23.6. The number of halogens is 1. The average Bonchev–Trinajstić information content (AvgIpc) is 3.50. The van der Waals surface area contributed by atoms with Crippen LogP contribution < -0.4 is 9.47 Å². The summed E-state index contributed by atoms with van der Waals surface area (Å²) in [5, 5.41) is 9.79. The third-order valence-electron chi connectivity index (χ3n) is 9.24. The topological polar surface area (TPSA) is 55.8 Å². The fourth-order valence-electron chi connectivity index (χ4n) is 6.71. The van der Waals surface area contributed by atoms with E-state index in [0.717, 1.165) is 60.1 Å². The summed E-state index contributed by atoms with van der Waals surface area (Å²) in [6.45, 7) is 8.60. The van der Waals surface area contributed by atoms with Gasteiger partial charge in [0.25, 0.3) is 0 Å². The molecule has 0 heterocycles. The molecule has 2 aliphatic rings. The Morgan fingerprint density at radius 1 is 1.00 bits per heavy atom. The lowest BCUT2D eigenvalue weighted by atomic mass is 9.75. The summed E-state index contributed by atoms with van der Waals surface area (Å²) in [4.78, 5) is 11.9. The van der Waals surface area contributed by atoms with Gasteiger partial charge in [0.1, 0.15) is 23.9 Å². The first kappa shape index (κ1) is 27.2. The van der Waals surface area contributed by atoms with Crippen molar-refractivity contribution in [3.8, 4) is 22.6 Å². The maximum absolute atomic E-state index is 15.1. The first-order chi connectivity index (χ1) is 18.5. The van der Waals surface area contributed by atoms with Gasteiger partial charge in [-0.05, 0) is 109 Å². The fourth-order valence-corrected chi connectivity index (χ4v) is 6.71. The second-order valence-electron chi connectivity index (χ2n) is 12.5. The smallest absolute Gasteiger partial charge is 0.309 e. The number of carbonyl (C=O) groups is 1. The lowest BCUT2D eigenvalue weighted by molar-refractivity contribution is -0.148. The van der Waals surface area contributed by atoms with Gasteiger partial charge < -0.3 is 14.6 Å². The number of hydrogen-bond acceptors (Lipinski definition) is 3. The van der Waals surface area contributed by atoms with Crippen LogP contribution in [0.25, 0.3) is 11.1 Å². The van der Waals surface area contributed by atoms with Crippen LogP contribution in [-0.2, 0) is 17.8 Å². The van der Waals surface area contributed by atoms with E-state index in [2.05, 4.69) is 26.0 Å². The Balaban J connectivity index is 1.45. The van der Waals surface area contributed by atoms with Crippen molar-refractivity contribution in [2.24, 2.45) is 10.8 Å². The summed E-state index contributed by atoms with van der Waals surface area (Å²) in [6, 6.07) is 17.2. The summed E-state index contributed by atoms with van der Waals surface area (Å²) >= 11 is 0. The number of hydrogen-bond donors (Lipinski definition) is 1. The zero-order chi connectivity index (χ0) is 27.9. The van der Waals surface area contributed by atoms with Crippen molar-refractivity contribution < 1.29 is 23.8 Å². The van der Waals surface area contributed by atoms with Crippen LogP contribution in [0.4, 0.5) is 4.39 Å². The van der Waals surface area contributed by atoms with Crippen molar-refractivity contribution >= 4 is 5.97 Å². The number of rotatable bonds is 8. The molecule has 0 radical (unpaired) electrons. The number of fused-ring (bicyclic) bond motifs is 1. The molecule has 1 saturated carbocycles. The van der Waals surface area contributed by atoms with Gasteiger partial charge in [-0.1, -0.05) is 44.5 Å². The van der Waals surface area contributed by atoms with Gasteiger partial charge in [-0.15, -0.1) is 0 Å². The highest BCUT2D eigenvalue weighted by Crippen LogP contribution is 2.51. The Bertz CT molecular complexity index is 1390. The maximum Gasteiger partial charge on any atom is 0.309 e. The molecule has 0 saturated heterocycles. The van der Waals surface area contributed by atoms with E-state index in [4.69, 9.17) is 9.47 Å². The molecule has 1 fully saturated rings. The molecular formula is C34H39FO4. The largest absolute Gasteiger partial charge is 0.497 e. The van der Waals surface area contributed by atoms with Crippen molar-refractivity contribution in [2.75, 3.05) is 7.11 Å². The Morgan fingerprint density at radius 2 is 1.77 bits per heavy atom. The number of methoxy groups -OCH3 is 1. The lowest BCUT2D eigenvalue weighted by Gasteiger charge is -2.30. The van der Waals surface area contributed by atoms with E-state index >= 15 is 4.39 Å². The van der Waals surface area contributed by atoms with Crippen molar-refractivity contribution in [1.29, 1.82) is 0 Å². The molecule has 5 rings (SSSR count). The second-order valence-corrected chi connectivity index (χ2v) is 12.5. The van der Waals surface area contributed by atoms with Crippen LogP contribution in [0.3, 0.4) is 0 Å². The summed E-state index contributed by atoms with van der Waals surface area (Å²) < 4.78 is 26.8. The molecule has 39 heavy (non-hydrogen) atoms. The molecule has 206 valence electrons.